The second-order valence-electron chi connectivity index (χ2n) is 7.89. The van der Waals surface area contributed by atoms with E-state index in [9.17, 15) is 0 Å². The predicted octanol–water partition coefficient (Wildman–Crippen LogP) is 2.40. The van der Waals surface area contributed by atoms with Gasteiger partial charge in [0.2, 0.25) is 0 Å². The lowest BCUT2D eigenvalue weighted by molar-refractivity contribution is 0.0144. The molecule has 9 nitrogen and oxygen atoms in total. The highest BCUT2D eigenvalue weighted by Crippen LogP contribution is 2.33. The number of anilines is 1. The number of amidine groups is 1. The Kier molecular flexibility index (Phi) is 4.89. The van der Waals surface area contributed by atoms with Crippen molar-refractivity contribution in [1.29, 1.82) is 0 Å². The molecule has 3 aliphatic rings. The zero-order valence-corrected chi connectivity index (χ0v) is 17.5. The Hall–Kier alpha value is -3.56. The van der Waals surface area contributed by atoms with E-state index in [2.05, 4.69) is 25.7 Å². The Bertz CT molecular complexity index is 1200. The van der Waals surface area contributed by atoms with Gasteiger partial charge in [0, 0.05) is 41.5 Å². The van der Waals surface area contributed by atoms with Crippen LogP contribution in [0.5, 0.6) is 11.5 Å². The highest BCUT2D eigenvalue weighted by atomic mass is 16.6. The monoisotopic (exact) mass is 432 g/mol. The standard InChI is InChI=1S/C23H24N6O3/c1-3-17(12-19-16(1)14-24-28-19)25-22-13-18(26-23(27-22)29-5-7-30-8-6-29)15-2-4-20-21(11-15)32-10-9-31-20/h1-4,11-14,23,26H,5-10H2,(H,24,28)(H,25,27). The molecule has 3 N–H and O–H groups in total. The van der Waals surface area contributed by atoms with Crippen LogP contribution in [0.3, 0.4) is 0 Å². The van der Waals surface area contributed by atoms with Gasteiger partial charge in [-0.3, -0.25) is 10.00 Å². The molecule has 0 aliphatic carbocycles. The molecule has 1 saturated heterocycles. The van der Waals surface area contributed by atoms with Crippen molar-refractivity contribution >= 4 is 28.1 Å². The predicted molar refractivity (Wildman–Crippen MR) is 122 cm³/mol. The molecule has 6 rings (SSSR count). The number of hydrogen-bond donors (Lipinski definition) is 3. The number of hydrogen-bond acceptors (Lipinski definition) is 8. The summed E-state index contributed by atoms with van der Waals surface area (Å²) >= 11 is 0. The Labute approximate surface area is 185 Å². The number of aromatic nitrogens is 2. The Morgan fingerprint density at radius 3 is 2.75 bits per heavy atom. The van der Waals surface area contributed by atoms with E-state index in [0.717, 1.165) is 58.3 Å². The number of aromatic amines is 1. The van der Waals surface area contributed by atoms with Gasteiger partial charge in [-0.25, -0.2) is 4.99 Å². The second-order valence-corrected chi connectivity index (χ2v) is 7.89. The van der Waals surface area contributed by atoms with Gasteiger partial charge >= 0.3 is 0 Å². The third-order valence-corrected chi connectivity index (χ3v) is 5.79. The van der Waals surface area contributed by atoms with E-state index in [-0.39, 0.29) is 6.29 Å². The Morgan fingerprint density at radius 2 is 1.84 bits per heavy atom. The molecule has 0 radical (unpaired) electrons. The van der Waals surface area contributed by atoms with E-state index >= 15 is 0 Å². The molecule has 2 aromatic carbocycles. The smallest absolute Gasteiger partial charge is 0.178 e. The van der Waals surface area contributed by atoms with Crippen molar-refractivity contribution in [3.8, 4) is 11.5 Å². The maximum atomic E-state index is 5.79. The topological polar surface area (TPSA) is 96.0 Å². The molecular weight excluding hydrogens is 408 g/mol. The molecule has 9 heteroatoms. The number of benzene rings is 2. The van der Waals surface area contributed by atoms with Crippen LogP contribution in [0.4, 0.5) is 5.69 Å². The van der Waals surface area contributed by atoms with Crippen LogP contribution in [-0.2, 0) is 4.74 Å². The highest BCUT2D eigenvalue weighted by molar-refractivity contribution is 6.09. The summed E-state index contributed by atoms with van der Waals surface area (Å²) in [6.07, 6.45) is 3.65. The van der Waals surface area contributed by atoms with E-state index in [1.807, 2.05) is 48.7 Å². The third-order valence-electron chi connectivity index (χ3n) is 5.79. The van der Waals surface area contributed by atoms with Crippen LogP contribution >= 0.6 is 0 Å². The molecule has 0 saturated carbocycles. The van der Waals surface area contributed by atoms with Gasteiger partial charge in [0.15, 0.2) is 17.8 Å². The summed E-state index contributed by atoms with van der Waals surface area (Å²) in [5, 5.41) is 15.2. The number of aliphatic imine (C=N–C) groups is 1. The number of morpholine rings is 1. The number of H-pyrrole nitrogens is 1. The summed E-state index contributed by atoms with van der Waals surface area (Å²) in [6, 6.07) is 12.1. The lowest BCUT2D eigenvalue weighted by atomic mass is 10.1. The van der Waals surface area contributed by atoms with Crippen molar-refractivity contribution in [3.05, 3.63) is 54.2 Å². The number of fused-ring (bicyclic) bond motifs is 2. The van der Waals surface area contributed by atoms with Crippen LogP contribution in [0, 0.1) is 0 Å². The van der Waals surface area contributed by atoms with Crippen molar-refractivity contribution in [1.82, 2.24) is 20.4 Å². The lowest BCUT2D eigenvalue weighted by Gasteiger charge is -2.35. The molecule has 32 heavy (non-hydrogen) atoms. The number of nitrogens with zero attached hydrogens (tertiary/aromatic N) is 3. The first-order valence-electron chi connectivity index (χ1n) is 10.8. The zero-order chi connectivity index (χ0) is 21.3. The summed E-state index contributed by atoms with van der Waals surface area (Å²) in [5.41, 5.74) is 3.91. The van der Waals surface area contributed by atoms with Crippen LogP contribution in [0.25, 0.3) is 16.6 Å². The molecule has 164 valence electrons. The maximum Gasteiger partial charge on any atom is 0.178 e. The molecule has 0 amide bonds. The molecule has 3 aromatic rings. The first-order valence-corrected chi connectivity index (χ1v) is 10.8. The van der Waals surface area contributed by atoms with Gasteiger partial charge in [0.05, 0.1) is 24.9 Å². The molecule has 1 aromatic heterocycles. The first-order chi connectivity index (χ1) is 15.8. The van der Waals surface area contributed by atoms with Crippen LogP contribution in [0.2, 0.25) is 0 Å². The molecule has 4 heterocycles. The summed E-state index contributed by atoms with van der Waals surface area (Å²) in [7, 11) is 0. The van der Waals surface area contributed by atoms with Crippen molar-refractivity contribution in [2.45, 2.75) is 6.29 Å². The van der Waals surface area contributed by atoms with E-state index in [1.54, 1.807) is 0 Å². The molecule has 1 atom stereocenters. The summed E-state index contributed by atoms with van der Waals surface area (Å²) in [4.78, 5) is 7.22. The van der Waals surface area contributed by atoms with Gasteiger partial charge in [-0.15, -0.1) is 0 Å². The molecule has 1 unspecified atom stereocenters. The average molecular weight is 432 g/mol. The maximum absolute atomic E-state index is 5.79. The van der Waals surface area contributed by atoms with Crippen LogP contribution in [0.1, 0.15) is 5.56 Å². The van der Waals surface area contributed by atoms with Gasteiger partial charge in [0.25, 0.3) is 0 Å². The molecule has 0 bridgehead atoms. The first kappa shape index (κ1) is 19.1. The molecule has 0 spiro atoms. The Morgan fingerprint density at radius 1 is 0.969 bits per heavy atom. The molecule has 3 aliphatic heterocycles. The molecular formula is C23H24N6O3. The summed E-state index contributed by atoms with van der Waals surface area (Å²) in [5.74, 6) is 2.33. The fourth-order valence-corrected chi connectivity index (χ4v) is 4.12. The van der Waals surface area contributed by atoms with E-state index < -0.39 is 0 Å². The zero-order valence-electron chi connectivity index (χ0n) is 17.5. The second kappa shape index (κ2) is 8.18. The van der Waals surface area contributed by atoms with Gasteiger partial charge in [0.1, 0.15) is 19.0 Å². The fourth-order valence-electron chi connectivity index (χ4n) is 4.12. The molecule has 1 fully saturated rings. The van der Waals surface area contributed by atoms with Crippen molar-refractivity contribution in [2.75, 3.05) is 44.8 Å². The van der Waals surface area contributed by atoms with Crippen molar-refractivity contribution < 1.29 is 14.2 Å². The van der Waals surface area contributed by atoms with Gasteiger partial charge in [-0.05, 0) is 36.4 Å². The highest BCUT2D eigenvalue weighted by Gasteiger charge is 2.25. The summed E-state index contributed by atoms with van der Waals surface area (Å²) < 4.78 is 17.0. The van der Waals surface area contributed by atoms with Crippen LogP contribution < -0.4 is 20.1 Å². The number of rotatable bonds is 3. The minimum Gasteiger partial charge on any atom is -0.486 e. The Balaban J connectivity index is 1.33. The van der Waals surface area contributed by atoms with Crippen molar-refractivity contribution in [2.24, 2.45) is 4.99 Å². The quantitative estimate of drug-likeness (QED) is 0.585. The normalized spacial score (nSPS) is 20.9. The van der Waals surface area contributed by atoms with Gasteiger partial charge in [-0.2, -0.15) is 5.10 Å². The largest absolute Gasteiger partial charge is 0.486 e. The number of ether oxygens (including phenoxy) is 3. The SMILES string of the molecule is C1=C(c2ccc3c(c2)OCCO3)NC(N2CCOCC2)N=C1Nc1ccc2cn[nH]c2c1. The van der Waals surface area contributed by atoms with Crippen LogP contribution in [-0.4, -0.2) is 66.7 Å². The fraction of sp³-hybridized carbons (Fsp3) is 0.304. The lowest BCUT2D eigenvalue weighted by Crippen LogP contribution is -2.51. The summed E-state index contributed by atoms with van der Waals surface area (Å²) in [6.45, 7) is 4.19. The van der Waals surface area contributed by atoms with E-state index in [4.69, 9.17) is 19.2 Å². The average Bonchev–Trinajstić information content (AvgIpc) is 3.32. The third kappa shape index (κ3) is 3.76. The van der Waals surface area contributed by atoms with Gasteiger partial charge < -0.3 is 24.8 Å². The van der Waals surface area contributed by atoms with E-state index in [0.29, 0.717) is 26.4 Å². The van der Waals surface area contributed by atoms with E-state index in [1.165, 1.54) is 0 Å². The number of nitrogens with one attached hydrogen (secondary N) is 3. The van der Waals surface area contributed by atoms with Crippen LogP contribution in [0.15, 0.2) is 53.7 Å². The van der Waals surface area contributed by atoms with Crippen molar-refractivity contribution in [3.63, 3.8) is 0 Å². The minimum absolute atomic E-state index is 0.189. The van der Waals surface area contributed by atoms with Gasteiger partial charge in [-0.1, -0.05) is 0 Å². The minimum atomic E-state index is -0.189.